The SMILES string of the molecule is O=C1CCC(CNCc2ccccc2C2CC2)N1. The maximum atomic E-state index is 11.1. The lowest BCUT2D eigenvalue weighted by molar-refractivity contribution is -0.119. The molecule has 1 aromatic carbocycles. The minimum absolute atomic E-state index is 0.195. The van der Waals surface area contributed by atoms with E-state index in [1.54, 1.807) is 0 Å². The van der Waals surface area contributed by atoms with Crippen LogP contribution in [0.15, 0.2) is 24.3 Å². The standard InChI is InChI=1S/C15H20N2O/c18-15-8-7-13(17-15)10-16-9-12-3-1-2-4-14(12)11-5-6-11/h1-4,11,13,16H,5-10H2,(H,17,18). The van der Waals surface area contributed by atoms with Gasteiger partial charge in [-0.15, -0.1) is 0 Å². The molecule has 18 heavy (non-hydrogen) atoms. The Morgan fingerprint density at radius 2 is 2.06 bits per heavy atom. The Kier molecular flexibility index (Phi) is 3.33. The van der Waals surface area contributed by atoms with Gasteiger partial charge < -0.3 is 10.6 Å². The van der Waals surface area contributed by atoms with Crippen molar-refractivity contribution in [3.63, 3.8) is 0 Å². The van der Waals surface area contributed by atoms with Gasteiger partial charge in [0.2, 0.25) is 5.91 Å². The van der Waals surface area contributed by atoms with Crippen LogP contribution < -0.4 is 10.6 Å². The van der Waals surface area contributed by atoms with E-state index in [0.29, 0.717) is 12.5 Å². The minimum atomic E-state index is 0.195. The number of hydrogen-bond acceptors (Lipinski definition) is 2. The Hall–Kier alpha value is -1.35. The largest absolute Gasteiger partial charge is 0.352 e. The van der Waals surface area contributed by atoms with E-state index in [1.165, 1.54) is 24.0 Å². The van der Waals surface area contributed by atoms with Gasteiger partial charge in [0.25, 0.3) is 0 Å². The van der Waals surface area contributed by atoms with Crippen molar-refractivity contribution in [3.05, 3.63) is 35.4 Å². The highest BCUT2D eigenvalue weighted by Gasteiger charge is 2.25. The first-order valence-electron chi connectivity index (χ1n) is 6.91. The van der Waals surface area contributed by atoms with Crippen molar-refractivity contribution in [2.45, 2.75) is 44.2 Å². The van der Waals surface area contributed by atoms with E-state index in [2.05, 4.69) is 34.9 Å². The molecule has 3 heteroatoms. The van der Waals surface area contributed by atoms with E-state index in [-0.39, 0.29) is 5.91 Å². The molecule has 1 unspecified atom stereocenters. The summed E-state index contributed by atoms with van der Waals surface area (Å²) < 4.78 is 0. The van der Waals surface area contributed by atoms with Gasteiger partial charge >= 0.3 is 0 Å². The number of hydrogen-bond donors (Lipinski definition) is 2. The molecule has 96 valence electrons. The zero-order valence-electron chi connectivity index (χ0n) is 10.6. The zero-order chi connectivity index (χ0) is 12.4. The first kappa shape index (κ1) is 11.7. The Balaban J connectivity index is 1.52. The average Bonchev–Trinajstić information content (AvgIpc) is 3.14. The molecule has 1 heterocycles. The fraction of sp³-hybridized carbons (Fsp3) is 0.533. The molecule has 2 aliphatic rings. The van der Waals surface area contributed by atoms with Crippen LogP contribution in [0.1, 0.15) is 42.7 Å². The van der Waals surface area contributed by atoms with Gasteiger partial charge in [0.05, 0.1) is 0 Å². The van der Waals surface area contributed by atoms with Crippen LogP contribution in [0, 0.1) is 0 Å². The van der Waals surface area contributed by atoms with Crippen LogP contribution in [0.2, 0.25) is 0 Å². The summed E-state index contributed by atoms with van der Waals surface area (Å²) in [5, 5.41) is 6.46. The highest BCUT2D eigenvalue weighted by Crippen LogP contribution is 2.41. The molecule has 0 bridgehead atoms. The molecule has 1 aromatic rings. The second-order valence-electron chi connectivity index (χ2n) is 5.41. The summed E-state index contributed by atoms with van der Waals surface area (Å²) in [7, 11) is 0. The molecule has 1 amide bonds. The average molecular weight is 244 g/mol. The van der Waals surface area contributed by atoms with Gasteiger partial charge in [0.1, 0.15) is 0 Å². The van der Waals surface area contributed by atoms with Crippen molar-refractivity contribution >= 4 is 5.91 Å². The topological polar surface area (TPSA) is 41.1 Å². The third-order valence-electron chi connectivity index (χ3n) is 3.86. The van der Waals surface area contributed by atoms with Crippen molar-refractivity contribution < 1.29 is 4.79 Å². The summed E-state index contributed by atoms with van der Waals surface area (Å²) in [6.45, 7) is 1.80. The summed E-state index contributed by atoms with van der Waals surface area (Å²) in [6.07, 6.45) is 4.34. The second-order valence-corrected chi connectivity index (χ2v) is 5.41. The van der Waals surface area contributed by atoms with Gasteiger partial charge in [-0.2, -0.15) is 0 Å². The first-order valence-corrected chi connectivity index (χ1v) is 6.91. The number of benzene rings is 1. The molecule has 1 saturated heterocycles. The Morgan fingerprint density at radius 3 is 2.78 bits per heavy atom. The monoisotopic (exact) mass is 244 g/mol. The lowest BCUT2D eigenvalue weighted by atomic mass is 10.0. The number of amides is 1. The van der Waals surface area contributed by atoms with Crippen LogP contribution in [0.4, 0.5) is 0 Å². The summed E-state index contributed by atoms with van der Waals surface area (Å²) in [6, 6.07) is 9.04. The van der Waals surface area contributed by atoms with E-state index in [9.17, 15) is 4.79 Å². The normalized spacial score (nSPS) is 23.1. The molecule has 2 fully saturated rings. The molecule has 3 rings (SSSR count). The van der Waals surface area contributed by atoms with Crippen molar-refractivity contribution in [2.24, 2.45) is 0 Å². The highest BCUT2D eigenvalue weighted by atomic mass is 16.1. The summed E-state index contributed by atoms with van der Waals surface area (Å²) in [4.78, 5) is 11.1. The number of carbonyl (C=O) groups is 1. The van der Waals surface area contributed by atoms with E-state index in [4.69, 9.17) is 0 Å². The van der Waals surface area contributed by atoms with Crippen LogP contribution in [-0.4, -0.2) is 18.5 Å². The van der Waals surface area contributed by atoms with E-state index in [1.807, 2.05) is 0 Å². The predicted octanol–water partition coefficient (Wildman–Crippen LogP) is 1.93. The zero-order valence-corrected chi connectivity index (χ0v) is 10.6. The maximum absolute atomic E-state index is 11.1. The number of rotatable bonds is 5. The molecule has 0 aromatic heterocycles. The minimum Gasteiger partial charge on any atom is -0.352 e. The quantitative estimate of drug-likeness (QED) is 0.831. The molecule has 1 aliphatic carbocycles. The predicted molar refractivity (Wildman–Crippen MR) is 71.3 cm³/mol. The molecule has 0 spiro atoms. The highest BCUT2D eigenvalue weighted by molar-refractivity contribution is 5.78. The van der Waals surface area contributed by atoms with Crippen molar-refractivity contribution in [1.82, 2.24) is 10.6 Å². The number of carbonyl (C=O) groups excluding carboxylic acids is 1. The third-order valence-corrected chi connectivity index (χ3v) is 3.86. The van der Waals surface area contributed by atoms with Crippen LogP contribution >= 0.6 is 0 Å². The van der Waals surface area contributed by atoms with Gasteiger partial charge in [0.15, 0.2) is 0 Å². The molecule has 2 N–H and O–H groups in total. The Bertz CT molecular complexity index is 440. The first-order chi connectivity index (χ1) is 8.83. The van der Waals surface area contributed by atoms with Gasteiger partial charge in [-0.1, -0.05) is 24.3 Å². The smallest absolute Gasteiger partial charge is 0.220 e. The molecular formula is C15H20N2O. The summed E-state index contributed by atoms with van der Waals surface area (Å²) in [5.74, 6) is 0.995. The Morgan fingerprint density at radius 1 is 1.22 bits per heavy atom. The van der Waals surface area contributed by atoms with Crippen molar-refractivity contribution in [2.75, 3.05) is 6.54 Å². The molecule has 0 radical (unpaired) electrons. The van der Waals surface area contributed by atoms with Crippen molar-refractivity contribution in [1.29, 1.82) is 0 Å². The second kappa shape index (κ2) is 5.11. The molecule has 1 saturated carbocycles. The van der Waals surface area contributed by atoms with Crippen molar-refractivity contribution in [3.8, 4) is 0 Å². The lowest BCUT2D eigenvalue weighted by Gasteiger charge is -2.13. The number of nitrogens with one attached hydrogen (secondary N) is 2. The fourth-order valence-corrected chi connectivity index (χ4v) is 2.70. The van der Waals surface area contributed by atoms with Crippen LogP contribution in [0.3, 0.4) is 0 Å². The molecule has 3 nitrogen and oxygen atoms in total. The van der Waals surface area contributed by atoms with Crippen LogP contribution in [-0.2, 0) is 11.3 Å². The van der Waals surface area contributed by atoms with Gasteiger partial charge in [0, 0.05) is 25.6 Å². The summed E-state index contributed by atoms with van der Waals surface area (Å²) >= 11 is 0. The van der Waals surface area contributed by atoms with Crippen LogP contribution in [0.25, 0.3) is 0 Å². The van der Waals surface area contributed by atoms with E-state index < -0.39 is 0 Å². The molecule has 1 aliphatic heterocycles. The Labute approximate surface area is 108 Å². The van der Waals surface area contributed by atoms with Gasteiger partial charge in [-0.3, -0.25) is 4.79 Å². The van der Waals surface area contributed by atoms with Gasteiger partial charge in [-0.05, 0) is 36.3 Å². The lowest BCUT2D eigenvalue weighted by Crippen LogP contribution is -2.35. The fourth-order valence-electron chi connectivity index (χ4n) is 2.70. The molecular weight excluding hydrogens is 224 g/mol. The van der Waals surface area contributed by atoms with E-state index >= 15 is 0 Å². The summed E-state index contributed by atoms with van der Waals surface area (Å²) in [5.41, 5.74) is 2.93. The van der Waals surface area contributed by atoms with Gasteiger partial charge in [-0.25, -0.2) is 0 Å². The third kappa shape index (κ3) is 2.72. The van der Waals surface area contributed by atoms with E-state index in [0.717, 1.165) is 25.4 Å². The molecule has 1 atom stereocenters. The maximum Gasteiger partial charge on any atom is 0.220 e. The van der Waals surface area contributed by atoms with Crippen LogP contribution in [0.5, 0.6) is 0 Å².